The summed E-state index contributed by atoms with van der Waals surface area (Å²) in [5, 5.41) is 4.03. The topological polar surface area (TPSA) is 32.3 Å². The van der Waals surface area contributed by atoms with E-state index in [0.717, 1.165) is 43.6 Å². The first-order valence-corrected chi connectivity index (χ1v) is 7.29. The average molecular weight is 281 g/mol. The molecule has 1 aromatic carbocycles. The molecule has 104 valence electrons. The maximum atomic E-state index is 12.6. The van der Waals surface area contributed by atoms with Crippen molar-refractivity contribution >= 4 is 17.5 Å². The van der Waals surface area contributed by atoms with Crippen LogP contribution in [0.3, 0.4) is 0 Å². The molecule has 1 aliphatic heterocycles. The van der Waals surface area contributed by atoms with Crippen molar-refractivity contribution in [2.24, 2.45) is 0 Å². The van der Waals surface area contributed by atoms with Crippen LogP contribution in [0.2, 0.25) is 5.02 Å². The van der Waals surface area contributed by atoms with E-state index in [0.29, 0.717) is 11.1 Å². The molecule has 1 fully saturated rings. The molecule has 1 aliphatic rings. The van der Waals surface area contributed by atoms with Crippen molar-refractivity contribution < 1.29 is 4.79 Å². The quantitative estimate of drug-likeness (QED) is 0.920. The van der Waals surface area contributed by atoms with Gasteiger partial charge < -0.3 is 10.2 Å². The van der Waals surface area contributed by atoms with Gasteiger partial charge in [-0.25, -0.2) is 0 Å². The molecule has 1 aromatic rings. The number of amides is 1. The molecule has 1 amide bonds. The lowest BCUT2D eigenvalue weighted by Crippen LogP contribution is -2.42. The molecular weight excluding hydrogens is 260 g/mol. The van der Waals surface area contributed by atoms with Gasteiger partial charge in [-0.15, -0.1) is 0 Å². The maximum Gasteiger partial charge on any atom is 0.254 e. The van der Waals surface area contributed by atoms with E-state index in [4.69, 9.17) is 11.6 Å². The van der Waals surface area contributed by atoms with Crippen LogP contribution in [-0.4, -0.2) is 36.5 Å². The van der Waals surface area contributed by atoms with Crippen molar-refractivity contribution in [2.75, 3.05) is 19.6 Å². The van der Waals surface area contributed by atoms with Crippen molar-refractivity contribution in [3.8, 4) is 0 Å². The van der Waals surface area contributed by atoms with Crippen molar-refractivity contribution in [3.63, 3.8) is 0 Å². The minimum atomic E-state index is 0.121. The molecule has 0 saturated carbocycles. The second-order valence-electron chi connectivity index (χ2n) is 5.11. The zero-order valence-corrected chi connectivity index (χ0v) is 12.3. The van der Waals surface area contributed by atoms with Crippen LogP contribution in [0, 0.1) is 6.92 Å². The highest BCUT2D eigenvalue weighted by Gasteiger charge is 2.26. The van der Waals surface area contributed by atoms with Crippen molar-refractivity contribution in [2.45, 2.75) is 32.7 Å². The van der Waals surface area contributed by atoms with Crippen LogP contribution >= 0.6 is 11.6 Å². The Bertz CT molecular complexity index is 455. The van der Waals surface area contributed by atoms with Crippen molar-refractivity contribution in [3.05, 3.63) is 34.3 Å². The van der Waals surface area contributed by atoms with Crippen LogP contribution in [0.15, 0.2) is 18.2 Å². The summed E-state index contributed by atoms with van der Waals surface area (Å²) in [7, 11) is 0. The van der Waals surface area contributed by atoms with Gasteiger partial charge in [-0.3, -0.25) is 4.79 Å². The molecule has 1 heterocycles. The fraction of sp³-hybridized carbons (Fsp3) is 0.533. The zero-order valence-electron chi connectivity index (χ0n) is 11.6. The third-order valence-corrected chi connectivity index (χ3v) is 4.03. The average Bonchev–Trinajstić information content (AvgIpc) is 2.92. The zero-order chi connectivity index (χ0) is 13.8. The summed E-state index contributed by atoms with van der Waals surface area (Å²) in [6, 6.07) is 5.84. The standard InChI is InChI=1S/C15H21ClN2O/c1-3-8-18(13-6-7-17-10-13)15(19)12-4-5-14(16)11(2)9-12/h4-5,9,13,17H,3,6-8,10H2,1-2H3. The van der Waals surface area contributed by atoms with E-state index in [1.807, 2.05) is 24.0 Å². The molecule has 0 spiro atoms. The van der Waals surface area contributed by atoms with Crippen LogP contribution in [0.4, 0.5) is 0 Å². The Kier molecular flexibility index (Phi) is 4.83. The van der Waals surface area contributed by atoms with Crippen LogP contribution in [0.5, 0.6) is 0 Å². The fourth-order valence-corrected chi connectivity index (χ4v) is 2.66. The first-order valence-electron chi connectivity index (χ1n) is 6.91. The summed E-state index contributed by atoms with van der Waals surface area (Å²) in [4.78, 5) is 14.6. The largest absolute Gasteiger partial charge is 0.334 e. The SMILES string of the molecule is CCCN(C(=O)c1ccc(Cl)c(C)c1)C1CCNC1. The van der Waals surface area contributed by atoms with Crippen LogP contribution in [-0.2, 0) is 0 Å². The maximum absolute atomic E-state index is 12.6. The second kappa shape index (κ2) is 6.40. The highest BCUT2D eigenvalue weighted by atomic mass is 35.5. The second-order valence-corrected chi connectivity index (χ2v) is 5.52. The van der Waals surface area contributed by atoms with Gasteiger partial charge in [0, 0.05) is 29.7 Å². The summed E-state index contributed by atoms with van der Waals surface area (Å²) >= 11 is 6.02. The van der Waals surface area contributed by atoms with Gasteiger partial charge >= 0.3 is 0 Å². The third kappa shape index (κ3) is 3.28. The lowest BCUT2D eigenvalue weighted by atomic mass is 10.1. The first kappa shape index (κ1) is 14.4. The molecule has 1 atom stereocenters. The Labute approximate surface area is 119 Å². The molecule has 1 N–H and O–H groups in total. The summed E-state index contributed by atoms with van der Waals surface area (Å²) in [5.41, 5.74) is 1.69. The van der Waals surface area contributed by atoms with Crippen LogP contribution < -0.4 is 5.32 Å². The number of nitrogens with zero attached hydrogens (tertiary/aromatic N) is 1. The Morgan fingerprint density at radius 2 is 2.32 bits per heavy atom. The lowest BCUT2D eigenvalue weighted by molar-refractivity contribution is 0.0692. The van der Waals surface area contributed by atoms with E-state index in [1.54, 1.807) is 6.07 Å². The van der Waals surface area contributed by atoms with E-state index >= 15 is 0 Å². The van der Waals surface area contributed by atoms with Crippen molar-refractivity contribution in [1.29, 1.82) is 0 Å². The molecule has 0 radical (unpaired) electrons. The number of carbonyl (C=O) groups is 1. The van der Waals surface area contributed by atoms with Crippen LogP contribution in [0.1, 0.15) is 35.7 Å². The lowest BCUT2D eigenvalue weighted by Gasteiger charge is -2.28. The van der Waals surface area contributed by atoms with Gasteiger partial charge in [-0.05, 0) is 50.1 Å². The smallest absolute Gasteiger partial charge is 0.254 e. The molecule has 2 rings (SSSR count). The minimum Gasteiger partial charge on any atom is -0.334 e. The Morgan fingerprint density at radius 1 is 1.53 bits per heavy atom. The number of hydrogen-bond acceptors (Lipinski definition) is 2. The molecule has 1 saturated heterocycles. The van der Waals surface area contributed by atoms with E-state index in [2.05, 4.69) is 12.2 Å². The molecule has 1 unspecified atom stereocenters. The number of hydrogen-bond donors (Lipinski definition) is 1. The minimum absolute atomic E-state index is 0.121. The number of aryl methyl sites for hydroxylation is 1. The Hall–Kier alpha value is -1.06. The van der Waals surface area contributed by atoms with Gasteiger partial charge in [0.25, 0.3) is 5.91 Å². The molecule has 3 nitrogen and oxygen atoms in total. The normalized spacial score (nSPS) is 18.6. The highest BCUT2D eigenvalue weighted by Crippen LogP contribution is 2.19. The molecule has 0 bridgehead atoms. The summed E-state index contributed by atoms with van der Waals surface area (Å²) < 4.78 is 0. The van der Waals surface area contributed by atoms with Gasteiger partial charge in [-0.1, -0.05) is 18.5 Å². The van der Waals surface area contributed by atoms with E-state index < -0.39 is 0 Å². The van der Waals surface area contributed by atoms with Crippen molar-refractivity contribution in [1.82, 2.24) is 10.2 Å². The highest BCUT2D eigenvalue weighted by molar-refractivity contribution is 6.31. The molecule has 0 aliphatic carbocycles. The Balaban J connectivity index is 2.20. The number of nitrogens with one attached hydrogen (secondary N) is 1. The van der Waals surface area contributed by atoms with Gasteiger partial charge in [0.2, 0.25) is 0 Å². The predicted octanol–water partition coefficient (Wildman–Crippen LogP) is 2.86. The van der Waals surface area contributed by atoms with Gasteiger partial charge in [0.1, 0.15) is 0 Å². The van der Waals surface area contributed by atoms with Gasteiger partial charge in [0.15, 0.2) is 0 Å². The van der Waals surface area contributed by atoms with E-state index in [9.17, 15) is 4.79 Å². The molecule has 4 heteroatoms. The summed E-state index contributed by atoms with van der Waals surface area (Å²) in [6.07, 6.45) is 2.02. The number of halogens is 1. The van der Waals surface area contributed by atoms with Gasteiger partial charge in [-0.2, -0.15) is 0 Å². The van der Waals surface area contributed by atoms with Crippen LogP contribution in [0.25, 0.3) is 0 Å². The van der Waals surface area contributed by atoms with E-state index in [1.165, 1.54) is 0 Å². The number of rotatable bonds is 4. The fourth-order valence-electron chi connectivity index (χ4n) is 2.54. The predicted molar refractivity (Wildman–Crippen MR) is 78.8 cm³/mol. The summed E-state index contributed by atoms with van der Waals surface area (Å²) in [6.45, 7) is 6.75. The summed E-state index contributed by atoms with van der Waals surface area (Å²) in [5.74, 6) is 0.121. The molecule has 19 heavy (non-hydrogen) atoms. The van der Waals surface area contributed by atoms with E-state index in [-0.39, 0.29) is 5.91 Å². The number of carbonyl (C=O) groups excluding carboxylic acids is 1. The van der Waals surface area contributed by atoms with Gasteiger partial charge in [0.05, 0.1) is 0 Å². The third-order valence-electron chi connectivity index (χ3n) is 3.61. The number of benzene rings is 1. The Morgan fingerprint density at radius 3 is 2.89 bits per heavy atom. The molecular formula is C15H21ClN2O. The molecule has 0 aromatic heterocycles. The monoisotopic (exact) mass is 280 g/mol. The first-order chi connectivity index (χ1) is 9.13.